The van der Waals surface area contributed by atoms with Crippen LogP contribution in [0.3, 0.4) is 0 Å². The first-order chi connectivity index (χ1) is 15.4. The lowest BCUT2D eigenvalue weighted by molar-refractivity contribution is 0.0929. The van der Waals surface area contributed by atoms with Crippen molar-refractivity contribution in [2.24, 2.45) is 5.92 Å². The number of carbonyl (C=O) groups is 1. The van der Waals surface area contributed by atoms with Gasteiger partial charge in [0, 0.05) is 56.1 Å². The molecule has 2 aliphatic heterocycles. The maximum atomic E-state index is 13.1. The lowest BCUT2D eigenvalue weighted by atomic mass is 9.83. The van der Waals surface area contributed by atoms with Gasteiger partial charge in [-0.05, 0) is 37.3 Å². The fraction of sp³-hybridized carbons (Fsp3) is 0.500. The predicted molar refractivity (Wildman–Crippen MR) is 121 cm³/mol. The molecular weight excluding hydrogens is 406 g/mol. The molecule has 1 saturated heterocycles. The smallest absolute Gasteiger partial charge is 0.259 e. The summed E-state index contributed by atoms with van der Waals surface area (Å²) in [5, 5.41) is 7.76. The first-order valence-electron chi connectivity index (χ1n) is 11.4. The first-order valence-corrected chi connectivity index (χ1v) is 11.4. The number of aryl methyl sites for hydroxylation is 1. The third-order valence-electron chi connectivity index (χ3n) is 6.74. The number of amides is 1. The van der Waals surface area contributed by atoms with Crippen LogP contribution >= 0.6 is 0 Å². The van der Waals surface area contributed by atoms with Crippen molar-refractivity contribution in [3.05, 3.63) is 57.3 Å². The zero-order chi connectivity index (χ0) is 22.4. The minimum absolute atomic E-state index is 0.103. The van der Waals surface area contributed by atoms with Gasteiger partial charge < -0.3 is 19.3 Å². The number of carbonyl (C=O) groups excluding carboxylic acids is 1. The number of hydrogen-bond acceptors (Lipinski definition) is 6. The second-order valence-corrected chi connectivity index (χ2v) is 9.41. The minimum atomic E-state index is -0.125. The molecule has 2 atom stereocenters. The summed E-state index contributed by atoms with van der Waals surface area (Å²) in [5.41, 5.74) is 3.72. The number of fused-ring (bicyclic) bond motifs is 5. The largest absolute Gasteiger partial charge is 0.351 e. The van der Waals surface area contributed by atoms with E-state index < -0.39 is 0 Å². The second kappa shape index (κ2) is 8.16. The van der Waals surface area contributed by atoms with E-state index in [-0.39, 0.29) is 17.4 Å². The Hall–Kier alpha value is -3.00. The molecule has 3 aromatic rings. The molecule has 2 aliphatic rings. The van der Waals surface area contributed by atoms with Crippen LogP contribution in [0.1, 0.15) is 59.5 Å². The summed E-state index contributed by atoms with van der Waals surface area (Å²) in [6.45, 7) is 9.90. The molecule has 2 unspecified atom stereocenters. The van der Waals surface area contributed by atoms with E-state index in [0.717, 1.165) is 44.0 Å². The van der Waals surface area contributed by atoms with E-state index >= 15 is 0 Å². The third-order valence-corrected chi connectivity index (χ3v) is 6.74. The molecule has 168 valence electrons. The van der Waals surface area contributed by atoms with Gasteiger partial charge in [-0.3, -0.25) is 9.59 Å². The summed E-state index contributed by atoms with van der Waals surface area (Å²) in [6, 6.07) is 7.44. The zero-order valence-corrected chi connectivity index (χ0v) is 18.8. The molecule has 1 amide bonds. The number of aromatic nitrogens is 3. The summed E-state index contributed by atoms with van der Waals surface area (Å²) < 4.78 is 7.28. The Morgan fingerprint density at radius 2 is 2.12 bits per heavy atom. The van der Waals surface area contributed by atoms with Crippen LogP contribution < -0.4 is 10.9 Å². The van der Waals surface area contributed by atoms with Crippen LogP contribution in [0, 0.1) is 12.8 Å². The van der Waals surface area contributed by atoms with Gasteiger partial charge in [-0.2, -0.15) is 0 Å². The van der Waals surface area contributed by atoms with Gasteiger partial charge in [0.2, 0.25) is 0 Å². The number of hydrogen-bond donors (Lipinski definition) is 1. The standard InChI is InChI=1S/C24H29N5O3/c1-14(2)19-10-18(22-15(3)27-32-24(22)26-19)23(31)25-7-8-28-11-16-9-17(13-28)20-5-4-6-21(30)29(20)12-16/h4-6,10,14,16-17H,7-9,11-13H2,1-3H3,(H,25,31). The number of piperidine rings is 1. The van der Waals surface area contributed by atoms with Gasteiger partial charge in [0.05, 0.1) is 16.6 Å². The van der Waals surface area contributed by atoms with Crippen molar-refractivity contribution in [2.75, 3.05) is 26.2 Å². The Balaban J connectivity index is 1.26. The maximum absolute atomic E-state index is 13.1. The highest BCUT2D eigenvalue weighted by molar-refractivity contribution is 6.06. The summed E-state index contributed by atoms with van der Waals surface area (Å²) in [7, 11) is 0. The quantitative estimate of drug-likeness (QED) is 0.662. The number of rotatable bonds is 5. The van der Waals surface area contributed by atoms with E-state index in [4.69, 9.17) is 4.52 Å². The van der Waals surface area contributed by atoms with Gasteiger partial charge in [0.1, 0.15) is 0 Å². The van der Waals surface area contributed by atoms with Gasteiger partial charge in [-0.25, -0.2) is 4.98 Å². The van der Waals surface area contributed by atoms with E-state index in [1.165, 1.54) is 0 Å². The average molecular weight is 436 g/mol. The fourth-order valence-electron chi connectivity index (χ4n) is 5.19. The topological polar surface area (TPSA) is 93.3 Å². The van der Waals surface area contributed by atoms with Gasteiger partial charge >= 0.3 is 0 Å². The molecular formula is C24H29N5O3. The summed E-state index contributed by atoms with van der Waals surface area (Å²) >= 11 is 0. The number of nitrogens with one attached hydrogen (secondary N) is 1. The van der Waals surface area contributed by atoms with Crippen molar-refractivity contribution in [3.8, 4) is 0 Å². The van der Waals surface area contributed by atoms with Gasteiger partial charge in [0.15, 0.2) is 0 Å². The minimum Gasteiger partial charge on any atom is -0.351 e. The highest BCUT2D eigenvalue weighted by Gasteiger charge is 2.34. The Labute approximate surface area is 186 Å². The van der Waals surface area contributed by atoms with Crippen molar-refractivity contribution < 1.29 is 9.32 Å². The summed E-state index contributed by atoms with van der Waals surface area (Å²) in [6.07, 6.45) is 1.13. The van der Waals surface area contributed by atoms with E-state index in [1.807, 2.05) is 37.5 Å². The Bertz CT molecular complexity index is 1230. The fourth-order valence-corrected chi connectivity index (χ4v) is 5.19. The number of pyridine rings is 2. The molecule has 1 N–H and O–H groups in total. The maximum Gasteiger partial charge on any atom is 0.259 e. The molecule has 0 saturated carbocycles. The molecule has 8 nitrogen and oxygen atoms in total. The lowest BCUT2D eigenvalue weighted by Gasteiger charge is -2.42. The van der Waals surface area contributed by atoms with Crippen LogP contribution in [0.25, 0.3) is 11.1 Å². The molecule has 32 heavy (non-hydrogen) atoms. The van der Waals surface area contributed by atoms with Crippen molar-refractivity contribution in [2.45, 2.75) is 45.6 Å². The second-order valence-electron chi connectivity index (χ2n) is 9.41. The summed E-state index contributed by atoms with van der Waals surface area (Å²) in [5.74, 6) is 0.907. The van der Waals surface area contributed by atoms with Crippen LogP contribution in [0.5, 0.6) is 0 Å². The van der Waals surface area contributed by atoms with E-state index in [9.17, 15) is 9.59 Å². The number of nitrogens with zero attached hydrogens (tertiary/aromatic N) is 4. The zero-order valence-electron chi connectivity index (χ0n) is 18.8. The van der Waals surface area contributed by atoms with Gasteiger partial charge in [0.25, 0.3) is 17.2 Å². The van der Waals surface area contributed by atoms with Crippen LogP contribution in [0.4, 0.5) is 0 Å². The highest BCUT2D eigenvalue weighted by Crippen LogP contribution is 2.34. The molecule has 0 radical (unpaired) electrons. The van der Waals surface area contributed by atoms with Crippen molar-refractivity contribution >= 4 is 17.0 Å². The molecule has 8 heteroatoms. The molecule has 5 rings (SSSR count). The Morgan fingerprint density at radius 3 is 2.94 bits per heavy atom. The van der Waals surface area contributed by atoms with Crippen molar-refractivity contribution in [1.82, 2.24) is 24.9 Å². The number of likely N-dealkylation sites (tertiary alicyclic amines) is 1. The van der Waals surface area contributed by atoms with Gasteiger partial charge in [-0.15, -0.1) is 0 Å². The third kappa shape index (κ3) is 3.72. The normalized spacial score (nSPS) is 20.5. The van der Waals surface area contributed by atoms with Crippen LogP contribution in [0.2, 0.25) is 0 Å². The van der Waals surface area contributed by atoms with E-state index in [2.05, 4.69) is 26.4 Å². The predicted octanol–water partition coefficient (Wildman–Crippen LogP) is 2.67. The molecule has 0 aliphatic carbocycles. The van der Waals surface area contributed by atoms with Crippen LogP contribution in [0.15, 0.2) is 33.6 Å². The highest BCUT2D eigenvalue weighted by atomic mass is 16.5. The average Bonchev–Trinajstić information content (AvgIpc) is 3.14. The molecule has 2 bridgehead atoms. The van der Waals surface area contributed by atoms with Crippen molar-refractivity contribution in [1.29, 1.82) is 0 Å². The molecule has 1 fully saturated rings. The SMILES string of the molecule is Cc1noc2nc(C(C)C)cc(C(=O)NCCN3CC4CC(C3)c3cccc(=O)n3C4)c12. The van der Waals surface area contributed by atoms with Gasteiger partial charge in [-0.1, -0.05) is 25.1 Å². The lowest BCUT2D eigenvalue weighted by Crippen LogP contribution is -2.48. The molecule has 0 aromatic carbocycles. The first kappa shape index (κ1) is 20.9. The molecule has 5 heterocycles. The van der Waals surface area contributed by atoms with Crippen LogP contribution in [-0.2, 0) is 6.54 Å². The van der Waals surface area contributed by atoms with E-state index in [1.54, 1.807) is 6.07 Å². The molecule has 0 spiro atoms. The Morgan fingerprint density at radius 1 is 1.28 bits per heavy atom. The van der Waals surface area contributed by atoms with E-state index in [0.29, 0.717) is 40.7 Å². The van der Waals surface area contributed by atoms with Crippen molar-refractivity contribution in [3.63, 3.8) is 0 Å². The molecule has 3 aromatic heterocycles. The summed E-state index contributed by atoms with van der Waals surface area (Å²) in [4.78, 5) is 32.2. The van der Waals surface area contributed by atoms with Crippen LogP contribution in [-0.4, -0.2) is 51.7 Å². The Kier molecular flexibility index (Phi) is 5.33. The monoisotopic (exact) mass is 435 g/mol.